The van der Waals surface area contributed by atoms with Gasteiger partial charge in [0.2, 0.25) is 0 Å². The standard InChI is InChI=1S/C43H26N2OS/c1-3-12-27(13-4-1)32-17-7-9-20-37(32)45(30-22-23-34-33-18-8-10-21-38(33)46-39(34)26-30)31-24-29-16-11-19-35-40(29)36(25-31)41-42(35)47-43(44-41)28-14-5-2-6-15-28/h1-26H. The van der Waals surface area contributed by atoms with E-state index in [0.29, 0.717) is 0 Å². The van der Waals surface area contributed by atoms with Crippen LogP contribution in [0.2, 0.25) is 0 Å². The number of hydrogen-bond donors (Lipinski definition) is 0. The van der Waals surface area contributed by atoms with Crippen molar-refractivity contribution in [1.82, 2.24) is 4.98 Å². The van der Waals surface area contributed by atoms with Crippen molar-refractivity contribution >= 4 is 61.1 Å². The molecular formula is C43H26N2OS. The van der Waals surface area contributed by atoms with E-state index in [2.05, 4.69) is 150 Å². The number of aromatic nitrogens is 1. The van der Waals surface area contributed by atoms with Crippen LogP contribution in [0.5, 0.6) is 0 Å². The van der Waals surface area contributed by atoms with E-state index in [9.17, 15) is 0 Å². The topological polar surface area (TPSA) is 29.3 Å². The van der Waals surface area contributed by atoms with Crippen molar-refractivity contribution in [3.8, 4) is 43.4 Å². The molecule has 1 aliphatic carbocycles. The molecule has 0 aliphatic heterocycles. The zero-order valence-corrected chi connectivity index (χ0v) is 26.0. The highest BCUT2D eigenvalue weighted by atomic mass is 32.1. The molecule has 0 saturated heterocycles. The molecule has 0 radical (unpaired) electrons. The fraction of sp³-hybridized carbons (Fsp3) is 0. The third-order valence-electron chi connectivity index (χ3n) is 9.22. The van der Waals surface area contributed by atoms with Crippen molar-refractivity contribution in [3.05, 3.63) is 158 Å². The van der Waals surface area contributed by atoms with Crippen molar-refractivity contribution in [1.29, 1.82) is 0 Å². The van der Waals surface area contributed by atoms with Crippen molar-refractivity contribution in [2.24, 2.45) is 0 Å². The number of nitrogens with zero attached hydrogens (tertiary/aromatic N) is 2. The lowest BCUT2D eigenvalue weighted by Crippen LogP contribution is -2.11. The maximum atomic E-state index is 6.41. The van der Waals surface area contributed by atoms with E-state index in [1.54, 1.807) is 11.3 Å². The maximum Gasteiger partial charge on any atom is 0.137 e. The molecule has 10 rings (SSSR count). The quantitative estimate of drug-likeness (QED) is 0.192. The Kier molecular flexibility index (Phi) is 5.74. The average Bonchev–Trinajstić information content (AvgIpc) is 3.82. The first kappa shape index (κ1) is 26.3. The fourth-order valence-electron chi connectivity index (χ4n) is 7.12. The van der Waals surface area contributed by atoms with E-state index in [1.807, 2.05) is 12.1 Å². The van der Waals surface area contributed by atoms with Gasteiger partial charge in [0.1, 0.15) is 16.2 Å². The Hall–Kier alpha value is -5.97. The molecule has 1 aliphatic rings. The van der Waals surface area contributed by atoms with Crippen molar-refractivity contribution in [3.63, 3.8) is 0 Å². The molecule has 9 aromatic rings. The summed E-state index contributed by atoms with van der Waals surface area (Å²) in [5.74, 6) is 0. The largest absolute Gasteiger partial charge is 0.456 e. The van der Waals surface area contributed by atoms with E-state index >= 15 is 0 Å². The SMILES string of the molecule is c1ccc(-c2nc3c(s2)-c2cccc4cc(N(c5ccc6c(c5)oc5ccccc56)c5ccccc5-c5ccccc5)cc-3c24)cc1. The van der Waals surface area contributed by atoms with Crippen LogP contribution in [-0.2, 0) is 0 Å². The van der Waals surface area contributed by atoms with Gasteiger partial charge in [-0.25, -0.2) is 4.98 Å². The Labute approximate surface area is 275 Å². The van der Waals surface area contributed by atoms with Gasteiger partial charge in [-0.15, -0.1) is 11.3 Å². The molecule has 0 fully saturated rings. The van der Waals surface area contributed by atoms with Crippen LogP contribution < -0.4 is 4.90 Å². The summed E-state index contributed by atoms with van der Waals surface area (Å²) in [6.07, 6.45) is 0. The number of thiazole rings is 1. The molecule has 0 amide bonds. The summed E-state index contributed by atoms with van der Waals surface area (Å²) in [4.78, 5) is 8.87. The van der Waals surface area contributed by atoms with Crippen LogP contribution in [0.25, 0.3) is 76.1 Å². The molecular weight excluding hydrogens is 593 g/mol. The molecule has 3 nitrogen and oxygen atoms in total. The lowest BCUT2D eigenvalue weighted by atomic mass is 9.99. The number of rotatable bonds is 5. The Morgan fingerprint density at radius 3 is 2.11 bits per heavy atom. The molecule has 7 aromatic carbocycles. The van der Waals surface area contributed by atoms with Gasteiger partial charge in [-0.2, -0.15) is 0 Å². The van der Waals surface area contributed by atoms with Gasteiger partial charge in [0.25, 0.3) is 0 Å². The van der Waals surface area contributed by atoms with Gasteiger partial charge in [-0.1, -0.05) is 115 Å². The van der Waals surface area contributed by atoms with E-state index < -0.39 is 0 Å². The number of fused-ring (bicyclic) bond motifs is 6. The zero-order chi connectivity index (χ0) is 30.9. The molecule has 0 N–H and O–H groups in total. The van der Waals surface area contributed by atoms with Gasteiger partial charge in [-0.05, 0) is 52.7 Å². The minimum absolute atomic E-state index is 0.868. The zero-order valence-electron chi connectivity index (χ0n) is 25.2. The Morgan fingerprint density at radius 2 is 1.23 bits per heavy atom. The summed E-state index contributed by atoms with van der Waals surface area (Å²) in [6.45, 7) is 0. The second-order valence-electron chi connectivity index (χ2n) is 12.0. The average molecular weight is 619 g/mol. The molecule has 0 spiro atoms. The van der Waals surface area contributed by atoms with Crippen molar-refractivity contribution in [2.45, 2.75) is 0 Å². The van der Waals surface area contributed by atoms with Crippen LogP contribution in [0.1, 0.15) is 0 Å². The van der Waals surface area contributed by atoms with Crippen LogP contribution >= 0.6 is 11.3 Å². The second kappa shape index (κ2) is 10.3. The molecule has 47 heavy (non-hydrogen) atoms. The van der Waals surface area contributed by atoms with Gasteiger partial charge in [0.05, 0.1) is 16.3 Å². The Balaban J connectivity index is 1.23. The van der Waals surface area contributed by atoms with Gasteiger partial charge in [0, 0.05) is 50.5 Å². The van der Waals surface area contributed by atoms with Gasteiger partial charge in [0.15, 0.2) is 0 Å². The molecule has 2 heterocycles. The minimum Gasteiger partial charge on any atom is -0.456 e. The first-order valence-electron chi connectivity index (χ1n) is 15.8. The van der Waals surface area contributed by atoms with E-state index in [0.717, 1.165) is 60.8 Å². The highest BCUT2D eigenvalue weighted by Gasteiger charge is 2.28. The summed E-state index contributed by atoms with van der Waals surface area (Å²) in [6, 6.07) is 55.9. The van der Waals surface area contributed by atoms with Crippen LogP contribution in [0.4, 0.5) is 17.1 Å². The summed E-state index contributed by atoms with van der Waals surface area (Å²) in [5, 5.41) is 5.76. The van der Waals surface area contributed by atoms with E-state index in [-0.39, 0.29) is 0 Å². The van der Waals surface area contributed by atoms with Crippen molar-refractivity contribution < 1.29 is 4.42 Å². The number of anilines is 3. The van der Waals surface area contributed by atoms with E-state index in [4.69, 9.17) is 9.40 Å². The minimum atomic E-state index is 0.868. The summed E-state index contributed by atoms with van der Waals surface area (Å²) in [7, 11) is 0. The normalized spacial score (nSPS) is 11.8. The molecule has 0 saturated carbocycles. The summed E-state index contributed by atoms with van der Waals surface area (Å²) >= 11 is 1.78. The number of hydrogen-bond acceptors (Lipinski definition) is 4. The molecule has 0 bridgehead atoms. The Bertz CT molecular complexity index is 2640. The molecule has 0 unspecified atom stereocenters. The van der Waals surface area contributed by atoms with Crippen molar-refractivity contribution in [2.75, 3.05) is 4.90 Å². The van der Waals surface area contributed by atoms with E-state index in [1.165, 1.54) is 32.3 Å². The summed E-state index contributed by atoms with van der Waals surface area (Å²) in [5.41, 5.74) is 11.9. The van der Waals surface area contributed by atoms with Crippen LogP contribution in [0.3, 0.4) is 0 Å². The monoisotopic (exact) mass is 618 g/mol. The Morgan fingerprint density at radius 1 is 0.511 bits per heavy atom. The fourth-order valence-corrected chi connectivity index (χ4v) is 8.23. The first-order valence-corrected chi connectivity index (χ1v) is 16.6. The third-order valence-corrected chi connectivity index (χ3v) is 10.4. The summed E-state index contributed by atoms with van der Waals surface area (Å²) < 4.78 is 6.41. The third kappa shape index (κ3) is 4.09. The predicted molar refractivity (Wildman–Crippen MR) is 197 cm³/mol. The predicted octanol–water partition coefficient (Wildman–Crippen LogP) is 12.6. The van der Waals surface area contributed by atoms with Gasteiger partial charge < -0.3 is 9.32 Å². The highest BCUT2D eigenvalue weighted by molar-refractivity contribution is 7.19. The molecule has 2 aromatic heterocycles. The van der Waals surface area contributed by atoms with Gasteiger partial charge in [-0.3, -0.25) is 0 Å². The first-order chi connectivity index (χ1) is 23.3. The van der Waals surface area contributed by atoms with Crippen LogP contribution in [0, 0.1) is 0 Å². The van der Waals surface area contributed by atoms with Crippen LogP contribution in [-0.4, -0.2) is 4.98 Å². The number of para-hydroxylation sites is 2. The highest BCUT2D eigenvalue weighted by Crippen LogP contribution is 2.53. The number of furan rings is 1. The lowest BCUT2D eigenvalue weighted by molar-refractivity contribution is 0.669. The maximum absolute atomic E-state index is 6.41. The smallest absolute Gasteiger partial charge is 0.137 e. The second-order valence-corrected chi connectivity index (χ2v) is 13.0. The molecule has 220 valence electrons. The lowest BCUT2D eigenvalue weighted by Gasteiger charge is -2.28. The molecule has 4 heteroatoms. The number of benzene rings is 7. The van der Waals surface area contributed by atoms with Gasteiger partial charge >= 0.3 is 0 Å². The molecule has 0 atom stereocenters. The van der Waals surface area contributed by atoms with Crippen LogP contribution in [0.15, 0.2) is 162 Å².